The van der Waals surface area contributed by atoms with Crippen LogP contribution in [0.25, 0.3) is 8.87 Å². The molecule has 2 aromatic rings. The first-order chi connectivity index (χ1) is 5.45. The van der Waals surface area contributed by atoms with Crippen molar-refractivity contribution in [2.75, 3.05) is 0 Å². The molecule has 54 valence electrons. The molecule has 0 fully saturated rings. The maximum absolute atomic E-state index is 2.36. The zero-order valence-corrected chi connectivity index (χ0v) is 9.26. The Morgan fingerprint density at radius 2 is 1.45 bits per heavy atom. The summed E-state index contributed by atoms with van der Waals surface area (Å²) in [5.41, 5.74) is 3.25. The molecule has 2 heterocycles. The van der Waals surface area contributed by atoms with Gasteiger partial charge in [0, 0.05) is 0 Å². The Kier molecular flexibility index (Phi) is 1.33. The Balaban J connectivity index is 2.38. The van der Waals surface area contributed by atoms with E-state index in [0.29, 0.717) is 29.0 Å². The van der Waals surface area contributed by atoms with E-state index in [-0.39, 0.29) is 0 Å². The topological polar surface area (TPSA) is 0 Å². The predicted octanol–water partition coefficient (Wildman–Crippen LogP) is 1.37. The van der Waals surface area contributed by atoms with Crippen molar-refractivity contribution in [2.24, 2.45) is 0 Å². The maximum atomic E-state index is 2.36. The van der Waals surface area contributed by atoms with Crippen molar-refractivity contribution in [3.05, 3.63) is 33.1 Å². The van der Waals surface area contributed by atoms with E-state index in [1.54, 1.807) is 20.0 Å². The number of hydrogen-bond donors (Lipinski definition) is 0. The molecule has 0 bridgehead atoms. The van der Waals surface area contributed by atoms with E-state index in [9.17, 15) is 0 Å². The molecule has 0 nitrogen and oxygen atoms in total. The third-order valence-corrected chi connectivity index (χ3v) is 6.82. The molecule has 0 saturated heterocycles. The van der Waals surface area contributed by atoms with Crippen LogP contribution < -0.4 is 0 Å². The zero-order valence-electron chi connectivity index (χ0n) is 5.83. The van der Waals surface area contributed by atoms with Gasteiger partial charge >= 0.3 is 77.4 Å². The SMILES string of the molecule is c1cc2c([se]1)-c1[se]ccc1C2. The van der Waals surface area contributed by atoms with E-state index in [1.165, 1.54) is 6.42 Å². The molecule has 0 aliphatic heterocycles. The van der Waals surface area contributed by atoms with Crippen LogP contribution in [0.2, 0.25) is 0 Å². The molecule has 11 heavy (non-hydrogen) atoms. The fourth-order valence-electron chi connectivity index (χ4n) is 1.55. The standard InChI is InChI=1S/C9H6Se2/c1-3-10-8-6(1)5-7-2-4-11-9(7)8/h1-4H,5H2. The fourth-order valence-corrected chi connectivity index (χ4v) is 6.37. The molecule has 0 unspecified atom stereocenters. The van der Waals surface area contributed by atoms with Crippen molar-refractivity contribution < 1.29 is 0 Å². The summed E-state index contributed by atoms with van der Waals surface area (Å²) < 4.78 is 3.44. The third kappa shape index (κ3) is 0.816. The van der Waals surface area contributed by atoms with Gasteiger partial charge in [0.25, 0.3) is 0 Å². The Bertz CT molecular complexity index is 357. The fraction of sp³-hybridized carbons (Fsp3) is 0.111. The van der Waals surface area contributed by atoms with Crippen LogP contribution in [0.5, 0.6) is 0 Å². The van der Waals surface area contributed by atoms with Gasteiger partial charge in [-0.1, -0.05) is 0 Å². The first-order valence-corrected chi connectivity index (χ1v) is 7.27. The van der Waals surface area contributed by atoms with Gasteiger partial charge in [-0.05, 0) is 0 Å². The molecule has 0 atom stereocenters. The molecule has 0 N–H and O–H groups in total. The van der Waals surface area contributed by atoms with Gasteiger partial charge in [-0.25, -0.2) is 0 Å². The van der Waals surface area contributed by atoms with Crippen molar-refractivity contribution in [1.82, 2.24) is 0 Å². The van der Waals surface area contributed by atoms with E-state index < -0.39 is 0 Å². The van der Waals surface area contributed by atoms with E-state index in [0.717, 1.165) is 0 Å². The van der Waals surface area contributed by atoms with Crippen molar-refractivity contribution >= 4 is 29.0 Å². The van der Waals surface area contributed by atoms with Gasteiger partial charge in [-0.2, -0.15) is 0 Å². The van der Waals surface area contributed by atoms with Crippen LogP contribution in [0, 0.1) is 0 Å². The monoisotopic (exact) mass is 274 g/mol. The van der Waals surface area contributed by atoms with E-state index in [2.05, 4.69) is 22.0 Å². The molecule has 0 radical (unpaired) electrons. The molecule has 0 spiro atoms. The summed E-state index contributed by atoms with van der Waals surface area (Å²) in [6.07, 6.45) is 1.24. The average Bonchev–Trinajstić information content (AvgIpc) is 2.52. The summed E-state index contributed by atoms with van der Waals surface area (Å²) in [5, 5.41) is 0. The van der Waals surface area contributed by atoms with Crippen molar-refractivity contribution in [2.45, 2.75) is 6.42 Å². The molecule has 2 heteroatoms. The summed E-state index contributed by atoms with van der Waals surface area (Å²) in [6.45, 7) is 0. The molecule has 0 aromatic carbocycles. The van der Waals surface area contributed by atoms with Gasteiger partial charge in [-0.3, -0.25) is 0 Å². The Morgan fingerprint density at radius 3 is 2.00 bits per heavy atom. The van der Waals surface area contributed by atoms with Crippen LogP contribution >= 0.6 is 0 Å². The summed E-state index contributed by atoms with van der Waals surface area (Å²) in [4.78, 5) is 4.71. The van der Waals surface area contributed by atoms with Gasteiger partial charge in [0.05, 0.1) is 0 Å². The second-order valence-corrected chi connectivity index (χ2v) is 6.57. The van der Waals surface area contributed by atoms with Crippen LogP contribution in [0.1, 0.15) is 11.1 Å². The van der Waals surface area contributed by atoms with E-state index >= 15 is 0 Å². The summed E-state index contributed by atoms with van der Waals surface area (Å²) in [6, 6.07) is 4.66. The number of hydrogen-bond acceptors (Lipinski definition) is 0. The second kappa shape index (κ2) is 2.24. The Labute approximate surface area is 77.4 Å². The molecule has 0 amide bonds. The van der Waals surface area contributed by atoms with Gasteiger partial charge in [0.15, 0.2) is 0 Å². The van der Waals surface area contributed by atoms with Crippen LogP contribution in [0.4, 0.5) is 0 Å². The number of fused-ring (bicyclic) bond motifs is 3. The molecule has 1 aliphatic rings. The van der Waals surface area contributed by atoms with Crippen molar-refractivity contribution in [3.8, 4) is 8.87 Å². The second-order valence-electron chi connectivity index (χ2n) is 2.73. The van der Waals surface area contributed by atoms with E-state index in [4.69, 9.17) is 0 Å². The van der Waals surface area contributed by atoms with Crippen LogP contribution in [0.3, 0.4) is 0 Å². The van der Waals surface area contributed by atoms with Gasteiger partial charge < -0.3 is 0 Å². The first kappa shape index (κ1) is 6.51. The Hall–Kier alpha value is -0.00104. The molecule has 1 aliphatic carbocycles. The summed E-state index contributed by atoms with van der Waals surface area (Å²) in [5.74, 6) is 0. The van der Waals surface area contributed by atoms with Crippen molar-refractivity contribution in [1.29, 1.82) is 0 Å². The first-order valence-electron chi connectivity index (χ1n) is 3.58. The van der Waals surface area contributed by atoms with Crippen LogP contribution in [0.15, 0.2) is 22.0 Å². The molecule has 2 aromatic heterocycles. The molecule has 0 saturated carbocycles. The minimum atomic E-state index is 0.681. The third-order valence-electron chi connectivity index (χ3n) is 2.08. The Morgan fingerprint density at radius 1 is 0.909 bits per heavy atom. The quantitative estimate of drug-likeness (QED) is 0.542. The predicted molar refractivity (Wildman–Crippen MR) is 48.6 cm³/mol. The average molecular weight is 272 g/mol. The minimum absolute atomic E-state index is 0.681. The van der Waals surface area contributed by atoms with Gasteiger partial charge in [0.2, 0.25) is 0 Å². The summed E-state index contributed by atoms with van der Waals surface area (Å²) in [7, 11) is 0. The van der Waals surface area contributed by atoms with Crippen LogP contribution in [-0.4, -0.2) is 29.0 Å². The molecular formula is C9H6Se2. The van der Waals surface area contributed by atoms with Crippen LogP contribution in [-0.2, 0) is 6.42 Å². The normalized spacial score (nSPS) is 13.1. The van der Waals surface area contributed by atoms with E-state index in [1.807, 2.05) is 0 Å². The number of rotatable bonds is 0. The van der Waals surface area contributed by atoms with Gasteiger partial charge in [0.1, 0.15) is 0 Å². The van der Waals surface area contributed by atoms with Crippen molar-refractivity contribution in [3.63, 3.8) is 0 Å². The summed E-state index contributed by atoms with van der Waals surface area (Å²) >= 11 is 1.36. The molecule has 3 rings (SSSR count). The van der Waals surface area contributed by atoms with Gasteiger partial charge in [-0.15, -0.1) is 0 Å². The molecular weight excluding hydrogens is 266 g/mol. The zero-order chi connectivity index (χ0) is 7.26.